The molecule has 0 unspecified atom stereocenters. The molecule has 1 aromatic heterocycles. The summed E-state index contributed by atoms with van der Waals surface area (Å²) in [6.45, 7) is 0.616. The molecule has 1 aromatic carbocycles. The maximum Gasteiger partial charge on any atom is 0.251 e. The Labute approximate surface area is 120 Å². The van der Waals surface area contributed by atoms with Gasteiger partial charge >= 0.3 is 0 Å². The number of carbonyl (C=O) groups is 1. The molecule has 0 saturated carbocycles. The standard InChI is InChI=1S/C14H14BrN3O/c1-16-14(19)10-3-2-4-12(7-10)18-9-13-6-5-11(15)8-17-13/h2-8,18H,9H2,1H3,(H,16,19). The normalized spacial score (nSPS) is 10.0. The minimum absolute atomic E-state index is 0.0922. The van der Waals surface area contributed by atoms with Crippen LogP contribution in [0.1, 0.15) is 16.1 Å². The summed E-state index contributed by atoms with van der Waals surface area (Å²) in [5.41, 5.74) is 2.47. The monoisotopic (exact) mass is 319 g/mol. The lowest BCUT2D eigenvalue weighted by Crippen LogP contribution is -2.17. The van der Waals surface area contributed by atoms with Crippen LogP contribution in [0, 0.1) is 0 Å². The van der Waals surface area contributed by atoms with E-state index in [1.807, 2.05) is 30.3 Å². The summed E-state index contributed by atoms with van der Waals surface area (Å²) in [4.78, 5) is 15.8. The molecule has 98 valence electrons. The van der Waals surface area contributed by atoms with E-state index in [2.05, 4.69) is 31.5 Å². The van der Waals surface area contributed by atoms with Crippen LogP contribution in [0.15, 0.2) is 47.1 Å². The molecule has 0 aliphatic carbocycles. The van der Waals surface area contributed by atoms with E-state index in [1.165, 1.54) is 0 Å². The number of nitrogens with one attached hydrogen (secondary N) is 2. The lowest BCUT2D eigenvalue weighted by Gasteiger charge is -2.07. The molecule has 0 aliphatic heterocycles. The Balaban J connectivity index is 2.03. The van der Waals surface area contributed by atoms with E-state index in [9.17, 15) is 4.79 Å². The molecule has 0 fully saturated rings. The molecular weight excluding hydrogens is 306 g/mol. The Morgan fingerprint density at radius 3 is 2.84 bits per heavy atom. The minimum atomic E-state index is -0.0922. The van der Waals surface area contributed by atoms with Gasteiger partial charge in [-0.25, -0.2) is 0 Å². The van der Waals surface area contributed by atoms with Crippen molar-refractivity contribution in [2.75, 3.05) is 12.4 Å². The zero-order chi connectivity index (χ0) is 13.7. The topological polar surface area (TPSA) is 54.0 Å². The Morgan fingerprint density at radius 1 is 1.32 bits per heavy atom. The second-order valence-corrected chi connectivity index (χ2v) is 4.90. The molecule has 2 N–H and O–H groups in total. The molecular formula is C14H14BrN3O. The number of carbonyl (C=O) groups excluding carboxylic acids is 1. The van der Waals surface area contributed by atoms with Gasteiger partial charge in [-0.3, -0.25) is 9.78 Å². The summed E-state index contributed by atoms with van der Waals surface area (Å²) in [6.07, 6.45) is 1.76. The number of aromatic nitrogens is 1. The molecule has 0 bridgehead atoms. The number of anilines is 1. The van der Waals surface area contributed by atoms with Crippen LogP contribution >= 0.6 is 15.9 Å². The van der Waals surface area contributed by atoms with Gasteiger partial charge in [0, 0.05) is 29.0 Å². The van der Waals surface area contributed by atoms with Crippen molar-refractivity contribution in [3.05, 3.63) is 58.3 Å². The van der Waals surface area contributed by atoms with Crippen molar-refractivity contribution in [1.82, 2.24) is 10.3 Å². The molecule has 2 rings (SSSR count). The number of hydrogen-bond acceptors (Lipinski definition) is 3. The van der Waals surface area contributed by atoms with Gasteiger partial charge in [-0.05, 0) is 46.3 Å². The Hall–Kier alpha value is -1.88. The molecule has 19 heavy (non-hydrogen) atoms. The summed E-state index contributed by atoms with van der Waals surface area (Å²) >= 11 is 3.35. The maximum absolute atomic E-state index is 11.5. The summed E-state index contributed by atoms with van der Waals surface area (Å²) < 4.78 is 0.956. The summed E-state index contributed by atoms with van der Waals surface area (Å²) in [5.74, 6) is -0.0922. The molecule has 1 amide bonds. The third-order valence-electron chi connectivity index (χ3n) is 2.61. The molecule has 0 aliphatic rings. The van der Waals surface area contributed by atoms with Crippen LogP contribution in [-0.2, 0) is 6.54 Å². The number of nitrogens with zero attached hydrogens (tertiary/aromatic N) is 1. The van der Waals surface area contributed by atoms with Gasteiger partial charge in [-0.1, -0.05) is 6.07 Å². The van der Waals surface area contributed by atoms with Crippen molar-refractivity contribution in [3.63, 3.8) is 0 Å². The van der Waals surface area contributed by atoms with Crippen molar-refractivity contribution >= 4 is 27.5 Å². The van der Waals surface area contributed by atoms with Crippen molar-refractivity contribution < 1.29 is 4.79 Å². The van der Waals surface area contributed by atoms with Crippen LogP contribution in [0.4, 0.5) is 5.69 Å². The largest absolute Gasteiger partial charge is 0.379 e. The number of rotatable bonds is 4. The summed E-state index contributed by atoms with van der Waals surface area (Å²) in [5, 5.41) is 5.85. The van der Waals surface area contributed by atoms with Gasteiger partial charge in [0.2, 0.25) is 0 Å². The van der Waals surface area contributed by atoms with E-state index < -0.39 is 0 Å². The highest BCUT2D eigenvalue weighted by atomic mass is 79.9. The van der Waals surface area contributed by atoms with Crippen LogP contribution in [0.5, 0.6) is 0 Å². The van der Waals surface area contributed by atoms with Crippen LogP contribution in [0.2, 0.25) is 0 Å². The minimum Gasteiger partial charge on any atom is -0.379 e. The molecule has 0 saturated heterocycles. The van der Waals surface area contributed by atoms with Gasteiger partial charge in [0.05, 0.1) is 12.2 Å². The van der Waals surface area contributed by atoms with Gasteiger partial charge < -0.3 is 10.6 Å². The average molecular weight is 320 g/mol. The smallest absolute Gasteiger partial charge is 0.251 e. The fraction of sp³-hybridized carbons (Fsp3) is 0.143. The second kappa shape index (κ2) is 6.33. The van der Waals surface area contributed by atoms with Gasteiger partial charge in [-0.15, -0.1) is 0 Å². The molecule has 5 heteroatoms. The van der Waals surface area contributed by atoms with E-state index in [-0.39, 0.29) is 5.91 Å². The van der Waals surface area contributed by atoms with Crippen molar-refractivity contribution in [2.24, 2.45) is 0 Å². The summed E-state index contributed by atoms with van der Waals surface area (Å²) in [7, 11) is 1.62. The lowest BCUT2D eigenvalue weighted by atomic mass is 10.2. The number of halogens is 1. The SMILES string of the molecule is CNC(=O)c1cccc(NCc2ccc(Br)cn2)c1. The molecule has 4 nitrogen and oxygen atoms in total. The van der Waals surface area contributed by atoms with Crippen LogP contribution in [0.25, 0.3) is 0 Å². The van der Waals surface area contributed by atoms with Crippen molar-refractivity contribution in [1.29, 1.82) is 0 Å². The first-order valence-corrected chi connectivity index (χ1v) is 6.65. The van der Waals surface area contributed by atoms with Crippen LogP contribution < -0.4 is 10.6 Å². The molecule has 1 heterocycles. The molecule has 0 radical (unpaired) electrons. The fourth-order valence-electron chi connectivity index (χ4n) is 1.62. The Morgan fingerprint density at radius 2 is 2.16 bits per heavy atom. The Bertz CT molecular complexity index is 569. The zero-order valence-corrected chi connectivity index (χ0v) is 12.1. The van der Waals surface area contributed by atoms with E-state index in [0.29, 0.717) is 12.1 Å². The number of amides is 1. The van der Waals surface area contributed by atoms with Gasteiger partial charge in [0.15, 0.2) is 0 Å². The van der Waals surface area contributed by atoms with Crippen molar-refractivity contribution in [3.8, 4) is 0 Å². The third kappa shape index (κ3) is 3.79. The van der Waals surface area contributed by atoms with E-state index in [1.54, 1.807) is 19.3 Å². The fourth-order valence-corrected chi connectivity index (χ4v) is 1.85. The van der Waals surface area contributed by atoms with Crippen LogP contribution in [0.3, 0.4) is 0 Å². The lowest BCUT2D eigenvalue weighted by molar-refractivity contribution is 0.0963. The first-order valence-electron chi connectivity index (χ1n) is 5.85. The highest BCUT2D eigenvalue weighted by Gasteiger charge is 2.03. The van der Waals surface area contributed by atoms with E-state index >= 15 is 0 Å². The number of hydrogen-bond donors (Lipinski definition) is 2. The highest BCUT2D eigenvalue weighted by molar-refractivity contribution is 9.10. The third-order valence-corrected chi connectivity index (χ3v) is 3.08. The maximum atomic E-state index is 11.5. The number of pyridine rings is 1. The highest BCUT2D eigenvalue weighted by Crippen LogP contribution is 2.13. The summed E-state index contributed by atoms with van der Waals surface area (Å²) in [6, 6.07) is 11.3. The molecule has 0 spiro atoms. The van der Waals surface area contributed by atoms with E-state index in [0.717, 1.165) is 15.9 Å². The number of benzene rings is 1. The zero-order valence-electron chi connectivity index (χ0n) is 10.5. The van der Waals surface area contributed by atoms with Crippen molar-refractivity contribution in [2.45, 2.75) is 6.54 Å². The average Bonchev–Trinajstić information content (AvgIpc) is 2.46. The quantitative estimate of drug-likeness (QED) is 0.911. The first-order chi connectivity index (χ1) is 9.19. The van der Waals surface area contributed by atoms with Gasteiger partial charge in [-0.2, -0.15) is 0 Å². The second-order valence-electron chi connectivity index (χ2n) is 3.98. The van der Waals surface area contributed by atoms with Crippen LogP contribution in [-0.4, -0.2) is 17.9 Å². The Kier molecular flexibility index (Phi) is 4.52. The van der Waals surface area contributed by atoms with E-state index in [4.69, 9.17) is 0 Å². The molecule has 2 aromatic rings. The predicted molar refractivity (Wildman–Crippen MR) is 79.1 cm³/mol. The predicted octanol–water partition coefficient (Wildman–Crippen LogP) is 2.82. The van der Waals surface area contributed by atoms with Gasteiger partial charge in [0.1, 0.15) is 0 Å². The first kappa shape index (κ1) is 13.5. The van der Waals surface area contributed by atoms with Gasteiger partial charge in [0.25, 0.3) is 5.91 Å². The molecule has 0 atom stereocenters.